The number of amides is 1. The van der Waals surface area contributed by atoms with Crippen molar-refractivity contribution in [2.24, 2.45) is 0 Å². The van der Waals surface area contributed by atoms with Gasteiger partial charge in [-0.25, -0.2) is 8.42 Å². The Morgan fingerprint density at radius 1 is 1.04 bits per heavy atom. The molecule has 3 aromatic rings. The second kappa shape index (κ2) is 6.49. The van der Waals surface area contributed by atoms with E-state index in [2.05, 4.69) is 10.3 Å². The standard InChI is InChI=1S/C17H13F3N2O3S/c18-17(19,20)26(24,25)14-7-5-11(6-8-14)16(23)21-10-13-9-12-3-1-2-4-15(12)22-13/h1-9,22H,10H2,(H,21,23). The second-order valence-corrected chi connectivity index (χ2v) is 7.48. The molecule has 1 heterocycles. The predicted octanol–water partition coefficient (Wildman–Crippen LogP) is 3.39. The van der Waals surface area contributed by atoms with Gasteiger partial charge in [-0.15, -0.1) is 0 Å². The zero-order chi connectivity index (χ0) is 18.9. The SMILES string of the molecule is O=C(NCc1cc2ccccc2[nH]1)c1ccc(S(=O)(=O)C(F)(F)F)cc1. The number of carbonyl (C=O) groups excluding carboxylic acids is 1. The van der Waals surface area contributed by atoms with Crippen molar-refractivity contribution >= 4 is 26.6 Å². The minimum absolute atomic E-state index is 0.0576. The lowest BCUT2D eigenvalue weighted by molar-refractivity contribution is -0.0436. The number of fused-ring (bicyclic) bond motifs is 1. The summed E-state index contributed by atoms with van der Waals surface area (Å²) >= 11 is 0. The molecule has 9 heteroatoms. The Kier molecular flexibility index (Phi) is 4.49. The second-order valence-electron chi connectivity index (χ2n) is 5.54. The molecule has 0 bridgehead atoms. The summed E-state index contributed by atoms with van der Waals surface area (Å²) in [6, 6.07) is 13.0. The quantitative estimate of drug-likeness (QED) is 0.726. The summed E-state index contributed by atoms with van der Waals surface area (Å²) in [6.45, 7) is 0.191. The predicted molar refractivity (Wildman–Crippen MR) is 89.2 cm³/mol. The van der Waals surface area contributed by atoms with Crippen LogP contribution < -0.4 is 5.32 Å². The van der Waals surface area contributed by atoms with Crippen LogP contribution in [0.5, 0.6) is 0 Å². The molecule has 1 aromatic heterocycles. The smallest absolute Gasteiger partial charge is 0.357 e. The average molecular weight is 382 g/mol. The van der Waals surface area contributed by atoms with E-state index in [0.717, 1.165) is 40.9 Å². The van der Waals surface area contributed by atoms with Crippen LogP contribution in [-0.2, 0) is 16.4 Å². The molecule has 26 heavy (non-hydrogen) atoms. The van der Waals surface area contributed by atoms with Gasteiger partial charge in [-0.2, -0.15) is 13.2 Å². The molecular formula is C17H13F3N2O3S. The number of para-hydroxylation sites is 1. The van der Waals surface area contributed by atoms with Gasteiger partial charge in [0, 0.05) is 16.8 Å². The number of rotatable bonds is 4. The van der Waals surface area contributed by atoms with Gasteiger partial charge in [-0.05, 0) is 41.8 Å². The molecule has 0 saturated heterocycles. The van der Waals surface area contributed by atoms with Crippen molar-refractivity contribution in [1.29, 1.82) is 0 Å². The Labute approximate surface area is 146 Å². The van der Waals surface area contributed by atoms with E-state index < -0.39 is 26.1 Å². The zero-order valence-corrected chi connectivity index (χ0v) is 14.0. The van der Waals surface area contributed by atoms with Gasteiger partial charge in [-0.1, -0.05) is 18.2 Å². The Morgan fingerprint density at radius 2 is 1.69 bits per heavy atom. The van der Waals surface area contributed by atoms with Gasteiger partial charge < -0.3 is 10.3 Å². The number of aromatic amines is 1. The third-order valence-corrected chi connectivity index (χ3v) is 5.26. The van der Waals surface area contributed by atoms with Gasteiger partial charge in [0.05, 0.1) is 11.4 Å². The molecule has 0 aliphatic carbocycles. The number of hydrogen-bond donors (Lipinski definition) is 2. The molecule has 0 fully saturated rings. The highest BCUT2D eigenvalue weighted by Gasteiger charge is 2.46. The summed E-state index contributed by atoms with van der Waals surface area (Å²) in [5.74, 6) is -0.528. The van der Waals surface area contributed by atoms with E-state index in [9.17, 15) is 26.4 Å². The number of nitrogens with one attached hydrogen (secondary N) is 2. The van der Waals surface area contributed by atoms with E-state index >= 15 is 0 Å². The van der Waals surface area contributed by atoms with Crippen molar-refractivity contribution in [3.63, 3.8) is 0 Å². The fourth-order valence-electron chi connectivity index (χ4n) is 2.43. The number of aromatic nitrogens is 1. The molecule has 0 unspecified atom stereocenters. The maximum atomic E-state index is 12.5. The van der Waals surface area contributed by atoms with Gasteiger partial charge in [0.1, 0.15) is 0 Å². The van der Waals surface area contributed by atoms with Crippen molar-refractivity contribution in [3.8, 4) is 0 Å². The number of halogens is 3. The van der Waals surface area contributed by atoms with Crippen molar-refractivity contribution in [2.75, 3.05) is 0 Å². The highest BCUT2D eigenvalue weighted by atomic mass is 32.2. The topological polar surface area (TPSA) is 79.0 Å². The molecule has 5 nitrogen and oxygen atoms in total. The summed E-state index contributed by atoms with van der Waals surface area (Å²) in [5, 5.41) is 3.61. The molecule has 0 atom stereocenters. The number of hydrogen-bond acceptors (Lipinski definition) is 3. The molecule has 0 spiro atoms. The van der Waals surface area contributed by atoms with Crippen LogP contribution in [0.4, 0.5) is 13.2 Å². The van der Waals surface area contributed by atoms with E-state index in [1.165, 1.54) is 0 Å². The van der Waals surface area contributed by atoms with E-state index in [-0.39, 0.29) is 12.1 Å². The van der Waals surface area contributed by atoms with Crippen LogP contribution in [0.3, 0.4) is 0 Å². The third kappa shape index (κ3) is 3.43. The molecule has 2 aromatic carbocycles. The average Bonchev–Trinajstić information content (AvgIpc) is 3.01. The highest BCUT2D eigenvalue weighted by molar-refractivity contribution is 7.92. The lowest BCUT2D eigenvalue weighted by atomic mass is 10.2. The van der Waals surface area contributed by atoms with E-state index in [4.69, 9.17) is 0 Å². The number of benzene rings is 2. The molecule has 2 N–H and O–H groups in total. The summed E-state index contributed by atoms with van der Waals surface area (Å²) < 4.78 is 60.1. The molecular weight excluding hydrogens is 369 g/mol. The van der Waals surface area contributed by atoms with Crippen LogP contribution in [0, 0.1) is 0 Å². The molecule has 0 aliphatic heterocycles. The van der Waals surface area contributed by atoms with Crippen molar-refractivity contribution < 1.29 is 26.4 Å². The minimum Gasteiger partial charge on any atom is -0.357 e. The number of alkyl halides is 3. The maximum Gasteiger partial charge on any atom is 0.501 e. The Balaban J connectivity index is 1.70. The monoisotopic (exact) mass is 382 g/mol. The molecule has 0 aliphatic rings. The molecule has 3 rings (SSSR count). The van der Waals surface area contributed by atoms with Crippen LogP contribution in [0.1, 0.15) is 16.1 Å². The zero-order valence-electron chi connectivity index (χ0n) is 13.2. The lowest BCUT2D eigenvalue weighted by Gasteiger charge is -2.09. The molecule has 1 amide bonds. The minimum atomic E-state index is -5.43. The van der Waals surface area contributed by atoms with Crippen molar-refractivity contribution in [1.82, 2.24) is 10.3 Å². The van der Waals surface area contributed by atoms with Crippen LogP contribution in [-0.4, -0.2) is 24.8 Å². The van der Waals surface area contributed by atoms with E-state index in [1.54, 1.807) is 0 Å². The summed E-state index contributed by atoms with van der Waals surface area (Å²) in [7, 11) is -5.43. The largest absolute Gasteiger partial charge is 0.501 e. The van der Waals surface area contributed by atoms with E-state index in [1.807, 2.05) is 30.3 Å². The van der Waals surface area contributed by atoms with Gasteiger partial charge in [-0.3, -0.25) is 4.79 Å². The first kappa shape index (κ1) is 18.0. The number of sulfone groups is 1. The van der Waals surface area contributed by atoms with Crippen LogP contribution in [0.15, 0.2) is 59.5 Å². The maximum absolute atomic E-state index is 12.5. The first-order valence-corrected chi connectivity index (χ1v) is 8.93. The summed E-state index contributed by atoms with van der Waals surface area (Å²) in [6.07, 6.45) is 0. The first-order chi connectivity index (χ1) is 12.2. The van der Waals surface area contributed by atoms with Gasteiger partial charge in [0.15, 0.2) is 0 Å². The fraction of sp³-hybridized carbons (Fsp3) is 0.118. The van der Waals surface area contributed by atoms with Crippen LogP contribution in [0.25, 0.3) is 10.9 Å². The van der Waals surface area contributed by atoms with Gasteiger partial charge in [0.2, 0.25) is 0 Å². The molecule has 0 radical (unpaired) electrons. The normalized spacial score (nSPS) is 12.3. The summed E-state index contributed by atoms with van der Waals surface area (Å²) in [4.78, 5) is 14.3. The third-order valence-electron chi connectivity index (χ3n) is 3.76. The Bertz CT molecular complexity index is 1020. The lowest BCUT2D eigenvalue weighted by Crippen LogP contribution is -2.24. The number of carbonyl (C=O) groups is 1. The Hall–Kier alpha value is -2.81. The Morgan fingerprint density at radius 3 is 2.31 bits per heavy atom. The first-order valence-electron chi connectivity index (χ1n) is 7.45. The van der Waals surface area contributed by atoms with Crippen molar-refractivity contribution in [2.45, 2.75) is 16.9 Å². The highest BCUT2D eigenvalue weighted by Crippen LogP contribution is 2.30. The van der Waals surface area contributed by atoms with Gasteiger partial charge >= 0.3 is 5.51 Å². The summed E-state index contributed by atoms with van der Waals surface area (Å²) in [5.41, 5.74) is -3.65. The van der Waals surface area contributed by atoms with Crippen LogP contribution >= 0.6 is 0 Å². The van der Waals surface area contributed by atoms with Crippen LogP contribution in [0.2, 0.25) is 0 Å². The number of H-pyrrole nitrogens is 1. The van der Waals surface area contributed by atoms with Crippen molar-refractivity contribution in [3.05, 3.63) is 65.9 Å². The molecule has 0 saturated carbocycles. The molecule has 136 valence electrons. The fourth-order valence-corrected chi connectivity index (χ4v) is 3.19. The van der Waals surface area contributed by atoms with E-state index in [0.29, 0.717) is 0 Å². The van der Waals surface area contributed by atoms with Gasteiger partial charge in [0.25, 0.3) is 15.7 Å².